The minimum absolute atomic E-state index is 0.489. The van der Waals surface area contributed by atoms with Crippen molar-refractivity contribution in [2.24, 2.45) is 5.73 Å². The molecular formula is C16H18ClN. The van der Waals surface area contributed by atoms with E-state index in [2.05, 4.69) is 31.2 Å². The molecular weight excluding hydrogens is 242 g/mol. The van der Waals surface area contributed by atoms with Crippen molar-refractivity contribution in [3.63, 3.8) is 0 Å². The van der Waals surface area contributed by atoms with Crippen molar-refractivity contribution in [2.45, 2.75) is 25.8 Å². The standard InChI is InChI=1S/C16H18ClN/c1-3-12-4-6-13(7-5-12)16(2,18)14-8-10-15(17)11-9-14/h4-11H,3,18H2,1-2H3. The number of hydrogen-bond acceptors (Lipinski definition) is 1. The number of halogens is 1. The van der Waals surface area contributed by atoms with Gasteiger partial charge in [0.1, 0.15) is 0 Å². The highest BCUT2D eigenvalue weighted by atomic mass is 35.5. The van der Waals surface area contributed by atoms with Crippen molar-refractivity contribution in [1.29, 1.82) is 0 Å². The van der Waals surface area contributed by atoms with E-state index in [9.17, 15) is 0 Å². The van der Waals surface area contributed by atoms with Crippen LogP contribution in [-0.4, -0.2) is 0 Å². The predicted octanol–water partition coefficient (Wildman–Crippen LogP) is 4.12. The summed E-state index contributed by atoms with van der Waals surface area (Å²) in [6.07, 6.45) is 1.04. The van der Waals surface area contributed by atoms with E-state index >= 15 is 0 Å². The van der Waals surface area contributed by atoms with Crippen molar-refractivity contribution in [3.8, 4) is 0 Å². The Kier molecular flexibility index (Phi) is 3.74. The predicted molar refractivity (Wildman–Crippen MR) is 77.9 cm³/mol. The number of benzene rings is 2. The number of rotatable bonds is 3. The van der Waals surface area contributed by atoms with Crippen molar-refractivity contribution in [2.75, 3.05) is 0 Å². The molecule has 0 fully saturated rings. The van der Waals surface area contributed by atoms with Gasteiger partial charge in [0.2, 0.25) is 0 Å². The van der Waals surface area contributed by atoms with Crippen LogP contribution in [0.2, 0.25) is 5.02 Å². The van der Waals surface area contributed by atoms with Crippen LogP contribution in [0, 0.1) is 0 Å². The molecule has 0 spiro atoms. The first-order valence-corrected chi connectivity index (χ1v) is 6.56. The van der Waals surface area contributed by atoms with Crippen LogP contribution < -0.4 is 5.73 Å². The fraction of sp³-hybridized carbons (Fsp3) is 0.250. The SMILES string of the molecule is CCc1ccc(C(C)(N)c2ccc(Cl)cc2)cc1. The van der Waals surface area contributed by atoms with E-state index < -0.39 is 5.54 Å². The molecule has 0 heterocycles. The Labute approximate surface area is 114 Å². The average molecular weight is 260 g/mol. The smallest absolute Gasteiger partial charge is 0.0636 e. The van der Waals surface area contributed by atoms with Gasteiger partial charge in [-0.1, -0.05) is 54.9 Å². The Morgan fingerprint density at radius 3 is 1.83 bits per heavy atom. The highest BCUT2D eigenvalue weighted by Crippen LogP contribution is 2.27. The molecule has 2 heteroatoms. The molecule has 1 nitrogen and oxygen atoms in total. The van der Waals surface area contributed by atoms with Crippen LogP contribution in [0.5, 0.6) is 0 Å². The van der Waals surface area contributed by atoms with Gasteiger partial charge in [0.25, 0.3) is 0 Å². The summed E-state index contributed by atoms with van der Waals surface area (Å²) in [7, 11) is 0. The zero-order chi connectivity index (χ0) is 13.2. The third kappa shape index (κ3) is 2.58. The molecule has 0 saturated heterocycles. The molecule has 2 rings (SSSR count). The molecule has 2 aromatic carbocycles. The van der Waals surface area contributed by atoms with Gasteiger partial charge < -0.3 is 5.73 Å². The van der Waals surface area contributed by atoms with Gasteiger partial charge in [0, 0.05) is 5.02 Å². The van der Waals surface area contributed by atoms with Crippen LogP contribution >= 0.6 is 11.6 Å². The molecule has 0 bridgehead atoms. The Morgan fingerprint density at radius 2 is 1.39 bits per heavy atom. The summed E-state index contributed by atoms with van der Waals surface area (Å²) in [6, 6.07) is 16.2. The Morgan fingerprint density at radius 1 is 0.944 bits per heavy atom. The van der Waals surface area contributed by atoms with Crippen LogP contribution in [0.25, 0.3) is 0 Å². The van der Waals surface area contributed by atoms with E-state index in [0.717, 1.165) is 22.6 Å². The van der Waals surface area contributed by atoms with Gasteiger partial charge >= 0.3 is 0 Å². The molecule has 1 unspecified atom stereocenters. The summed E-state index contributed by atoms with van der Waals surface area (Å²) in [5.41, 5.74) is 9.47. The van der Waals surface area contributed by atoms with Crippen LogP contribution in [0.3, 0.4) is 0 Å². The van der Waals surface area contributed by atoms with Crippen LogP contribution in [-0.2, 0) is 12.0 Å². The zero-order valence-electron chi connectivity index (χ0n) is 10.8. The highest BCUT2D eigenvalue weighted by molar-refractivity contribution is 6.30. The largest absolute Gasteiger partial charge is 0.318 e. The summed E-state index contributed by atoms with van der Waals surface area (Å²) in [5, 5.41) is 0.732. The first-order valence-electron chi connectivity index (χ1n) is 6.18. The van der Waals surface area contributed by atoms with Crippen LogP contribution in [0.4, 0.5) is 0 Å². The summed E-state index contributed by atoms with van der Waals surface area (Å²) in [5.74, 6) is 0. The fourth-order valence-corrected chi connectivity index (χ4v) is 2.18. The van der Waals surface area contributed by atoms with Gasteiger partial charge in [0.05, 0.1) is 5.54 Å². The molecule has 0 radical (unpaired) electrons. The van der Waals surface area contributed by atoms with Crippen molar-refractivity contribution in [1.82, 2.24) is 0 Å². The fourth-order valence-electron chi connectivity index (χ4n) is 2.05. The van der Waals surface area contributed by atoms with E-state index in [4.69, 9.17) is 17.3 Å². The number of aryl methyl sites for hydroxylation is 1. The molecule has 18 heavy (non-hydrogen) atoms. The van der Waals surface area contributed by atoms with Gasteiger partial charge in [-0.15, -0.1) is 0 Å². The Bertz CT molecular complexity index is 512. The Balaban J connectivity index is 2.37. The third-order valence-corrected chi connectivity index (χ3v) is 3.66. The normalized spacial score (nSPS) is 14.2. The molecule has 2 N–H and O–H groups in total. The van der Waals surface area contributed by atoms with Gasteiger partial charge in [-0.3, -0.25) is 0 Å². The molecule has 1 atom stereocenters. The lowest BCUT2D eigenvalue weighted by atomic mass is 9.85. The summed E-state index contributed by atoms with van der Waals surface area (Å²) >= 11 is 5.91. The molecule has 0 saturated carbocycles. The first-order chi connectivity index (χ1) is 8.54. The lowest BCUT2D eigenvalue weighted by Gasteiger charge is -2.26. The second-order valence-electron chi connectivity index (χ2n) is 4.76. The van der Waals surface area contributed by atoms with Crippen LogP contribution in [0.15, 0.2) is 48.5 Å². The van der Waals surface area contributed by atoms with E-state index in [-0.39, 0.29) is 0 Å². The average Bonchev–Trinajstić information content (AvgIpc) is 2.39. The summed E-state index contributed by atoms with van der Waals surface area (Å²) < 4.78 is 0. The van der Waals surface area contributed by atoms with E-state index in [1.165, 1.54) is 5.56 Å². The molecule has 2 aromatic rings. The monoisotopic (exact) mass is 259 g/mol. The summed E-state index contributed by atoms with van der Waals surface area (Å²) in [4.78, 5) is 0. The third-order valence-electron chi connectivity index (χ3n) is 3.41. The second-order valence-corrected chi connectivity index (χ2v) is 5.20. The van der Waals surface area contributed by atoms with Crippen molar-refractivity contribution < 1.29 is 0 Å². The highest BCUT2D eigenvalue weighted by Gasteiger charge is 2.23. The van der Waals surface area contributed by atoms with Crippen molar-refractivity contribution in [3.05, 3.63) is 70.2 Å². The molecule has 0 amide bonds. The van der Waals surface area contributed by atoms with Gasteiger partial charge in [0.15, 0.2) is 0 Å². The van der Waals surface area contributed by atoms with Gasteiger partial charge in [-0.05, 0) is 42.2 Å². The maximum absolute atomic E-state index is 6.46. The van der Waals surface area contributed by atoms with E-state index in [0.29, 0.717) is 0 Å². The van der Waals surface area contributed by atoms with Gasteiger partial charge in [-0.2, -0.15) is 0 Å². The number of hydrogen-bond donors (Lipinski definition) is 1. The van der Waals surface area contributed by atoms with Gasteiger partial charge in [-0.25, -0.2) is 0 Å². The maximum Gasteiger partial charge on any atom is 0.0636 e. The lowest BCUT2D eigenvalue weighted by molar-refractivity contribution is 0.603. The number of nitrogens with two attached hydrogens (primary N) is 1. The van der Waals surface area contributed by atoms with E-state index in [1.54, 1.807) is 0 Å². The minimum atomic E-state index is -0.489. The lowest BCUT2D eigenvalue weighted by Crippen LogP contribution is -2.34. The molecule has 94 valence electrons. The van der Waals surface area contributed by atoms with Crippen molar-refractivity contribution >= 4 is 11.6 Å². The zero-order valence-corrected chi connectivity index (χ0v) is 11.5. The minimum Gasteiger partial charge on any atom is -0.318 e. The topological polar surface area (TPSA) is 26.0 Å². The molecule has 0 aliphatic rings. The maximum atomic E-state index is 6.46. The molecule has 0 aliphatic carbocycles. The quantitative estimate of drug-likeness (QED) is 0.882. The molecule has 0 aliphatic heterocycles. The van der Waals surface area contributed by atoms with E-state index in [1.807, 2.05) is 31.2 Å². The first kappa shape index (κ1) is 13.1. The summed E-state index contributed by atoms with van der Waals surface area (Å²) in [6.45, 7) is 4.17. The Hall–Kier alpha value is -1.31. The molecule has 0 aromatic heterocycles. The van der Waals surface area contributed by atoms with Crippen LogP contribution in [0.1, 0.15) is 30.5 Å². The second kappa shape index (κ2) is 5.13.